The van der Waals surface area contributed by atoms with E-state index in [9.17, 15) is 9.59 Å². The number of hydrogen-bond acceptors (Lipinski definition) is 4. The van der Waals surface area contributed by atoms with Crippen molar-refractivity contribution < 1.29 is 0 Å². The Kier molecular flexibility index (Phi) is 1.99. The predicted molar refractivity (Wildman–Crippen MR) is 68.8 cm³/mol. The van der Waals surface area contributed by atoms with Gasteiger partial charge in [0.25, 0.3) is 11.1 Å². The standard InChI is InChI=1S/C11H7NO2S2/c1-5-4-7-9(16-5)8-6(2-3-15-8)10(13)12-11(7)14/h2-4H,1H3,(H,12,13,14). The fourth-order valence-corrected chi connectivity index (χ4v) is 3.83. The molecule has 16 heavy (non-hydrogen) atoms. The number of aromatic amines is 1. The Morgan fingerprint density at radius 1 is 1.12 bits per heavy atom. The maximum atomic E-state index is 11.8. The van der Waals surface area contributed by atoms with Crippen molar-refractivity contribution in [3.05, 3.63) is 43.1 Å². The van der Waals surface area contributed by atoms with E-state index in [4.69, 9.17) is 0 Å². The second-order valence-electron chi connectivity index (χ2n) is 3.55. The van der Waals surface area contributed by atoms with E-state index in [0.29, 0.717) is 10.8 Å². The second-order valence-corrected chi connectivity index (χ2v) is 5.72. The molecule has 80 valence electrons. The van der Waals surface area contributed by atoms with Crippen molar-refractivity contribution in [1.29, 1.82) is 0 Å². The van der Waals surface area contributed by atoms with Crippen molar-refractivity contribution in [1.82, 2.24) is 4.98 Å². The quantitative estimate of drug-likeness (QED) is 0.665. The average Bonchev–Trinajstić information content (AvgIpc) is 2.80. The molecule has 0 atom stereocenters. The Morgan fingerprint density at radius 2 is 1.88 bits per heavy atom. The lowest BCUT2D eigenvalue weighted by Gasteiger charge is -1.80. The van der Waals surface area contributed by atoms with E-state index in [1.807, 2.05) is 18.4 Å². The number of H-pyrrole nitrogens is 1. The third-order valence-corrected chi connectivity index (χ3v) is 4.57. The van der Waals surface area contributed by atoms with Crippen LogP contribution in [0, 0.1) is 6.92 Å². The molecule has 0 saturated heterocycles. The number of hydrogen-bond donors (Lipinski definition) is 1. The molecule has 0 aromatic carbocycles. The first kappa shape index (κ1) is 9.74. The minimum Gasteiger partial charge on any atom is -0.288 e. The Labute approximate surface area is 98.0 Å². The van der Waals surface area contributed by atoms with Gasteiger partial charge < -0.3 is 0 Å². The van der Waals surface area contributed by atoms with Gasteiger partial charge in [-0.1, -0.05) is 0 Å². The van der Waals surface area contributed by atoms with Crippen LogP contribution in [0.2, 0.25) is 0 Å². The summed E-state index contributed by atoms with van der Waals surface area (Å²) in [5.41, 5.74) is -0.602. The zero-order valence-corrected chi connectivity index (χ0v) is 10.00. The number of aromatic nitrogens is 1. The van der Waals surface area contributed by atoms with Gasteiger partial charge in [-0.15, -0.1) is 22.7 Å². The van der Waals surface area contributed by atoms with E-state index < -0.39 is 0 Å². The molecule has 0 aliphatic carbocycles. The van der Waals surface area contributed by atoms with Crippen LogP contribution in [0.4, 0.5) is 0 Å². The molecule has 0 amide bonds. The van der Waals surface area contributed by atoms with E-state index in [-0.39, 0.29) is 11.1 Å². The number of nitrogens with one attached hydrogen (secondary N) is 1. The minimum absolute atomic E-state index is 0.298. The van der Waals surface area contributed by atoms with Gasteiger partial charge >= 0.3 is 0 Å². The van der Waals surface area contributed by atoms with Gasteiger partial charge in [0, 0.05) is 4.88 Å². The number of thiophene rings is 2. The molecule has 0 saturated carbocycles. The summed E-state index contributed by atoms with van der Waals surface area (Å²) < 4.78 is 1.81. The van der Waals surface area contributed by atoms with Crippen LogP contribution in [0.25, 0.3) is 20.2 Å². The molecule has 0 aliphatic rings. The average molecular weight is 249 g/mol. The largest absolute Gasteiger partial charge is 0.288 e. The van der Waals surface area contributed by atoms with Crippen molar-refractivity contribution in [3.63, 3.8) is 0 Å². The van der Waals surface area contributed by atoms with Crippen LogP contribution in [0.1, 0.15) is 4.88 Å². The Balaban J connectivity index is 2.81. The Hall–Kier alpha value is -1.46. The van der Waals surface area contributed by atoms with Crippen molar-refractivity contribution in [2.45, 2.75) is 6.92 Å². The van der Waals surface area contributed by atoms with Crippen LogP contribution in [-0.4, -0.2) is 4.98 Å². The SMILES string of the molecule is Cc1cc2c(=O)[nH]c(=O)c3ccsc3c2s1. The summed E-state index contributed by atoms with van der Waals surface area (Å²) in [4.78, 5) is 26.9. The van der Waals surface area contributed by atoms with Gasteiger partial charge in [0.15, 0.2) is 0 Å². The molecule has 1 N–H and O–H groups in total. The summed E-state index contributed by atoms with van der Waals surface area (Å²) >= 11 is 3.05. The summed E-state index contributed by atoms with van der Waals surface area (Å²) in [7, 11) is 0. The number of rotatable bonds is 0. The van der Waals surface area contributed by atoms with Gasteiger partial charge in [-0.25, -0.2) is 0 Å². The van der Waals surface area contributed by atoms with Gasteiger partial charge in [-0.2, -0.15) is 0 Å². The van der Waals surface area contributed by atoms with Crippen molar-refractivity contribution in [3.8, 4) is 0 Å². The Bertz CT molecular complexity index is 810. The van der Waals surface area contributed by atoms with Crippen LogP contribution < -0.4 is 11.1 Å². The van der Waals surface area contributed by atoms with Crippen LogP contribution in [0.15, 0.2) is 27.1 Å². The Morgan fingerprint density at radius 3 is 2.69 bits per heavy atom. The molecule has 3 aromatic rings. The minimum atomic E-state index is -0.303. The highest BCUT2D eigenvalue weighted by atomic mass is 32.1. The maximum absolute atomic E-state index is 11.8. The highest BCUT2D eigenvalue weighted by molar-refractivity contribution is 7.26. The van der Waals surface area contributed by atoms with Gasteiger partial charge in [-0.05, 0) is 24.4 Å². The monoisotopic (exact) mass is 249 g/mol. The van der Waals surface area contributed by atoms with Crippen LogP contribution in [0.5, 0.6) is 0 Å². The molecule has 3 rings (SSSR count). The topological polar surface area (TPSA) is 49.9 Å². The van der Waals surface area contributed by atoms with Crippen LogP contribution in [-0.2, 0) is 0 Å². The number of aryl methyl sites for hydroxylation is 1. The lowest BCUT2D eigenvalue weighted by Crippen LogP contribution is -2.13. The summed E-state index contributed by atoms with van der Waals surface area (Å²) in [6, 6.07) is 3.59. The second kappa shape index (κ2) is 3.26. The summed E-state index contributed by atoms with van der Waals surface area (Å²) in [6.45, 7) is 1.96. The van der Waals surface area contributed by atoms with E-state index in [1.54, 1.807) is 17.4 Å². The summed E-state index contributed by atoms with van der Waals surface area (Å²) in [5.74, 6) is 0. The zero-order valence-electron chi connectivity index (χ0n) is 8.37. The van der Waals surface area contributed by atoms with Crippen LogP contribution in [0.3, 0.4) is 0 Å². The lowest BCUT2D eigenvalue weighted by atomic mass is 10.3. The van der Waals surface area contributed by atoms with E-state index in [1.165, 1.54) is 11.3 Å². The summed E-state index contributed by atoms with van der Waals surface area (Å²) in [5, 5.41) is 3.08. The van der Waals surface area contributed by atoms with E-state index in [2.05, 4.69) is 4.98 Å². The molecular formula is C11H7NO2S2. The first-order chi connectivity index (χ1) is 7.66. The molecule has 0 radical (unpaired) electrons. The maximum Gasteiger partial charge on any atom is 0.259 e. The molecule has 0 spiro atoms. The summed E-state index contributed by atoms with van der Waals surface area (Å²) in [6.07, 6.45) is 0. The smallest absolute Gasteiger partial charge is 0.259 e. The molecule has 3 aromatic heterocycles. The third-order valence-electron chi connectivity index (χ3n) is 2.44. The normalized spacial score (nSPS) is 11.3. The molecule has 3 heterocycles. The van der Waals surface area contributed by atoms with E-state index >= 15 is 0 Å². The first-order valence-corrected chi connectivity index (χ1v) is 6.40. The number of fused-ring (bicyclic) bond motifs is 3. The zero-order chi connectivity index (χ0) is 11.3. The fraction of sp³-hybridized carbons (Fsp3) is 0.0909. The molecule has 0 unspecified atom stereocenters. The predicted octanol–water partition coefficient (Wildman–Crippen LogP) is 2.47. The van der Waals surface area contributed by atoms with E-state index in [0.717, 1.165) is 14.3 Å². The molecule has 0 aliphatic heterocycles. The van der Waals surface area contributed by atoms with Crippen molar-refractivity contribution >= 4 is 42.8 Å². The molecule has 0 bridgehead atoms. The van der Waals surface area contributed by atoms with Gasteiger partial charge in [0.05, 0.1) is 20.2 Å². The molecule has 0 fully saturated rings. The highest BCUT2D eigenvalue weighted by Gasteiger charge is 2.09. The third kappa shape index (κ3) is 1.25. The lowest BCUT2D eigenvalue weighted by molar-refractivity contribution is 1.23. The molecule has 5 heteroatoms. The first-order valence-electron chi connectivity index (χ1n) is 4.71. The van der Waals surface area contributed by atoms with Gasteiger partial charge in [0.1, 0.15) is 0 Å². The van der Waals surface area contributed by atoms with Crippen molar-refractivity contribution in [2.24, 2.45) is 0 Å². The van der Waals surface area contributed by atoms with Crippen molar-refractivity contribution in [2.75, 3.05) is 0 Å². The molecular weight excluding hydrogens is 242 g/mol. The van der Waals surface area contributed by atoms with Crippen LogP contribution >= 0.6 is 22.7 Å². The fourth-order valence-electron chi connectivity index (χ4n) is 1.75. The van der Waals surface area contributed by atoms with Gasteiger partial charge in [0.2, 0.25) is 0 Å². The molecule has 3 nitrogen and oxygen atoms in total. The highest BCUT2D eigenvalue weighted by Crippen LogP contribution is 2.30. The van der Waals surface area contributed by atoms with Gasteiger partial charge in [-0.3, -0.25) is 14.6 Å².